The summed E-state index contributed by atoms with van der Waals surface area (Å²) in [5.41, 5.74) is 1.34. The van der Waals surface area contributed by atoms with Crippen molar-refractivity contribution < 1.29 is 33.0 Å². The monoisotopic (exact) mass is 637 g/mol. The third kappa shape index (κ3) is 10.5. The van der Waals surface area contributed by atoms with Crippen LogP contribution in [0.4, 0.5) is 35.4 Å². The molecule has 3 aromatic carbocycles. The molecule has 1 aliphatic heterocycles. The summed E-state index contributed by atoms with van der Waals surface area (Å²) < 4.78 is 32.5. The summed E-state index contributed by atoms with van der Waals surface area (Å²) in [6, 6.07) is 16.2. The van der Waals surface area contributed by atoms with Gasteiger partial charge in [-0.1, -0.05) is 24.3 Å². The smallest absolute Gasteiger partial charge is 0.412 e. The number of carbonyl (C=O) groups excluding carboxylic acids is 3. The maximum absolute atomic E-state index is 13.8. The summed E-state index contributed by atoms with van der Waals surface area (Å²) in [6.07, 6.45) is 1.17. The number of ether oxygens (including phenoxy) is 1. The van der Waals surface area contributed by atoms with E-state index in [1.54, 1.807) is 74.2 Å². The fraction of sp³-hybridized carbons (Fsp3) is 0.382. The summed E-state index contributed by atoms with van der Waals surface area (Å²) in [5, 5.41) is 17.9. The van der Waals surface area contributed by atoms with E-state index in [9.17, 15) is 28.3 Å². The molecule has 1 heterocycles. The Morgan fingerprint density at radius 3 is 2.20 bits per heavy atom. The predicted molar refractivity (Wildman–Crippen MR) is 173 cm³/mol. The zero-order valence-electron chi connectivity index (χ0n) is 26.3. The van der Waals surface area contributed by atoms with Crippen LogP contribution in [0.15, 0.2) is 66.7 Å². The van der Waals surface area contributed by atoms with Crippen LogP contribution in [-0.2, 0) is 11.3 Å². The van der Waals surface area contributed by atoms with Crippen LogP contribution in [0.1, 0.15) is 56.0 Å². The van der Waals surface area contributed by atoms with Crippen molar-refractivity contribution in [2.45, 2.75) is 58.3 Å². The molecule has 246 valence electrons. The van der Waals surface area contributed by atoms with Crippen molar-refractivity contribution in [3.63, 3.8) is 0 Å². The van der Waals surface area contributed by atoms with Gasteiger partial charge in [0.2, 0.25) is 0 Å². The fourth-order valence-corrected chi connectivity index (χ4v) is 4.95. The molecule has 3 aromatic rings. The van der Waals surface area contributed by atoms with E-state index in [2.05, 4.69) is 20.9 Å². The minimum atomic E-state index is -1.06. The topological polar surface area (TPSA) is 123 Å². The number of para-hydroxylation sites is 2. The van der Waals surface area contributed by atoms with Crippen molar-refractivity contribution in [1.82, 2.24) is 9.80 Å². The van der Waals surface area contributed by atoms with E-state index >= 15 is 0 Å². The van der Waals surface area contributed by atoms with Crippen molar-refractivity contribution in [2.75, 3.05) is 42.1 Å². The van der Waals surface area contributed by atoms with Crippen LogP contribution < -0.4 is 16.0 Å². The molecule has 4 amide bonds. The molecule has 1 aliphatic rings. The number of carbonyl (C=O) groups is 3. The number of hydrogen-bond acceptors (Lipinski definition) is 6. The number of rotatable bonds is 10. The van der Waals surface area contributed by atoms with Gasteiger partial charge in [0, 0.05) is 43.5 Å². The van der Waals surface area contributed by atoms with Crippen LogP contribution >= 0.6 is 0 Å². The van der Waals surface area contributed by atoms with Gasteiger partial charge >= 0.3 is 12.1 Å². The van der Waals surface area contributed by atoms with Crippen molar-refractivity contribution in [3.8, 4) is 0 Å². The molecular formula is C34H41F2N5O5. The van der Waals surface area contributed by atoms with Crippen LogP contribution in [0.25, 0.3) is 0 Å². The second-order valence-electron chi connectivity index (χ2n) is 12.2. The van der Waals surface area contributed by atoms with Gasteiger partial charge in [0.25, 0.3) is 5.91 Å². The summed E-state index contributed by atoms with van der Waals surface area (Å²) in [6.45, 7) is 8.17. The number of benzene rings is 3. The highest BCUT2D eigenvalue weighted by atomic mass is 19.2. The maximum atomic E-state index is 13.8. The predicted octanol–water partition coefficient (Wildman–Crippen LogP) is 6.45. The highest BCUT2D eigenvalue weighted by Gasteiger charge is 2.20. The van der Waals surface area contributed by atoms with E-state index in [4.69, 9.17) is 4.74 Å². The maximum Gasteiger partial charge on any atom is 0.412 e. The molecule has 0 saturated carbocycles. The Kier molecular flexibility index (Phi) is 11.7. The van der Waals surface area contributed by atoms with Crippen molar-refractivity contribution in [1.29, 1.82) is 0 Å². The number of aliphatic hydroxyl groups excluding tert-OH is 1. The second kappa shape index (κ2) is 15.6. The highest BCUT2D eigenvalue weighted by Crippen LogP contribution is 2.23. The highest BCUT2D eigenvalue weighted by molar-refractivity contribution is 6.06. The van der Waals surface area contributed by atoms with E-state index in [1.807, 2.05) is 0 Å². The number of amides is 4. The van der Waals surface area contributed by atoms with Crippen molar-refractivity contribution in [3.05, 3.63) is 89.5 Å². The second-order valence-corrected chi connectivity index (χ2v) is 12.2. The summed E-state index contributed by atoms with van der Waals surface area (Å²) >= 11 is 0. The SMILES string of the molecule is CC(C)(C)OC(=O)Nc1ccccc1NC(=O)c1ccc(CN(CCCN2CCC(O)CC2)C(=O)Nc2ccc(F)c(F)c2)cc1. The van der Waals surface area contributed by atoms with E-state index < -0.39 is 35.3 Å². The van der Waals surface area contributed by atoms with Gasteiger partial charge in [-0.25, -0.2) is 18.4 Å². The van der Waals surface area contributed by atoms with Crippen LogP contribution in [-0.4, -0.2) is 70.8 Å². The van der Waals surface area contributed by atoms with Crippen LogP contribution in [0.2, 0.25) is 0 Å². The Morgan fingerprint density at radius 2 is 1.57 bits per heavy atom. The van der Waals surface area contributed by atoms with Crippen LogP contribution in [0, 0.1) is 11.6 Å². The molecule has 4 N–H and O–H groups in total. The number of nitrogens with one attached hydrogen (secondary N) is 3. The first-order valence-corrected chi connectivity index (χ1v) is 15.3. The van der Waals surface area contributed by atoms with Gasteiger partial charge in [-0.3, -0.25) is 10.1 Å². The summed E-state index contributed by atoms with van der Waals surface area (Å²) in [5.74, 6) is -2.47. The normalized spacial score (nSPS) is 14.0. The Morgan fingerprint density at radius 1 is 0.913 bits per heavy atom. The molecule has 46 heavy (non-hydrogen) atoms. The standard InChI is InChI=1S/C34H41F2N5O5/c1-34(2,3)46-33(45)39-30-8-5-4-7-29(30)38-31(43)24-11-9-23(10-12-24)22-41(18-6-17-40-19-15-26(42)16-20-40)32(44)37-25-13-14-27(35)28(36)21-25/h4-5,7-14,21,26,42H,6,15-20,22H2,1-3H3,(H,37,44)(H,38,43)(H,39,45). The van der Waals surface area contributed by atoms with Gasteiger partial charge in [-0.2, -0.15) is 0 Å². The van der Waals surface area contributed by atoms with E-state index in [0.717, 1.165) is 37.3 Å². The fourth-order valence-electron chi connectivity index (χ4n) is 4.95. The van der Waals surface area contributed by atoms with Gasteiger partial charge in [0.05, 0.1) is 17.5 Å². The number of anilines is 3. The zero-order valence-corrected chi connectivity index (χ0v) is 26.3. The van der Waals surface area contributed by atoms with E-state index in [0.29, 0.717) is 42.7 Å². The first-order valence-electron chi connectivity index (χ1n) is 15.3. The lowest BCUT2D eigenvalue weighted by molar-refractivity contribution is 0.0635. The molecule has 0 unspecified atom stereocenters. The Balaban J connectivity index is 1.41. The molecular weight excluding hydrogens is 596 g/mol. The molecule has 10 nitrogen and oxygen atoms in total. The number of urea groups is 1. The largest absolute Gasteiger partial charge is 0.444 e. The first kappa shape index (κ1) is 34.3. The van der Waals surface area contributed by atoms with Gasteiger partial charge in [0.15, 0.2) is 11.6 Å². The Labute approximate surface area is 267 Å². The number of halogens is 2. The molecule has 0 aromatic heterocycles. The molecule has 0 aliphatic carbocycles. The van der Waals surface area contributed by atoms with Gasteiger partial charge in [-0.05, 0) is 88.5 Å². The third-order valence-corrected chi connectivity index (χ3v) is 7.32. The van der Waals surface area contributed by atoms with Gasteiger partial charge in [0.1, 0.15) is 5.60 Å². The zero-order chi connectivity index (χ0) is 33.3. The molecule has 1 fully saturated rings. The Hall–Kier alpha value is -4.55. The lowest BCUT2D eigenvalue weighted by Crippen LogP contribution is -2.39. The quantitative estimate of drug-likeness (QED) is 0.203. The number of nitrogens with zero attached hydrogens (tertiary/aromatic N) is 2. The number of likely N-dealkylation sites (tertiary alicyclic amines) is 1. The average Bonchev–Trinajstić information content (AvgIpc) is 3.00. The minimum absolute atomic E-state index is 0.132. The number of hydrogen-bond donors (Lipinski definition) is 4. The van der Waals surface area contributed by atoms with Crippen LogP contribution in [0.3, 0.4) is 0 Å². The summed E-state index contributed by atoms with van der Waals surface area (Å²) in [4.78, 5) is 42.4. The van der Waals surface area contributed by atoms with Gasteiger partial charge < -0.3 is 30.3 Å². The average molecular weight is 638 g/mol. The van der Waals surface area contributed by atoms with Crippen LogP contribution in [0.5, 0.6) is 0 Å². The molecule has 0 spiro atoms. The van der Waals surface area contributed by atoms with Gasteiger partial charge in [-0.15, -0.1) is 0 Å². The first-order chi connectivity index (χ1) is 21.9. The number of piperidine rings is 1. The van der Waals surface area contributed by atoms with Crippen molar-refractivity contribution in [2.24, 2.45) is 0 Å². The van der Waals surface area contributed by atoms with Crippen molar-refractivity contribution >= 4 is 35.1 Å². The summed E-state index contributed by atoms with van der Waals surface area (Å²) in [7, 11) is 0. The minimum Gasteiger partial charge on any atom is -0.444 e. The lowest BCUT2D eigenvalue weighted by atomic mass is 10.1. The molecule has 0 atom stereocenters. The molecule has 0 bridgehead atoms. The Bertz CT molecular complexity index is 1500. The van der Waals surface area contributed by atoms with E-state index in [1.165, 1.54) is 6.07 Å². The van der Waals surface area contributed by atoms with E-state index in [-0.39, 0.29) is 18.3 Å². The number of aliphatic hydroxyl groups is 1. The molecule has 0 radical (unpaired) electrons. The molecule has 4 rings (SSSR count). The third-order valence-electron chi connectivity index (χ3n) is 7.32. The lowest BCUT2D eigenvalue weighted by Gasteiger charge is -2.30. The molecule has 12 heteroatoms. The molecule has 1 saturated heterocycles.